The fourth-order valence-electron chi connectivity index (χ4n) is 2.72. The van der Waals surface area contributed by atoms with E-state index in [4.69, 9.17) is 10.5 Å². The topological polar surface area (TPSA) is 38.5 Å². The molecule has 1 unspecified atom stereocenters. The highest BCUT2D eigenvalue weighted by atomic mass is 16.5. The molecule has 0 bridgehead atoms. The number of nitrogens with zero attached hydrogens (tertiary/aromatic N) is 1. The van der Waals surface area contributed by atoms with Gasteiger partial charge >= 0.3 is 0 Å². The third-order valence-corrected chi connectivity index (χ3v) is 4.01. The molecule has 3 heteroatoms. The number of hydrogen-bond donors (Lipinski definition) is 1. The molecule has 0 radical (unpaired) electrons. The van der Waals surface area contributed by atoms with Crippen molar-refractivity contribution < 1.29 is 4.74 Å². The molecule has 1 atom stereocenters. The predicted molar refractivity (Wildman–Crippen MR) is 74.8 cm³/mol. The first-order valence-corrected chi connectivity index (χ1v) is 6.67. The van der Waals surface area contributed by atoms with E-state index in [1.807, 2.05) is 18.2 Å². The molecule has 0 aromatic heterocycles. The lowest BCUT2D eigenvalue weighted by Gasteiger charge is -2.33. The minimum atomic E-state index is 0.0532. The van der Waals surface area contributed by atoms with Crippen LogP contribution in [0.4, 0.5) is 0 Å². The lowest BCUT2D eigenvalue weighted by atomic mass is 10.0. The normalized spacial score (nSPS) is 20.9. The van der Waals surface area contributed by atoms with Gasteiger partial charge in [0.2, 0.25) is 0 Å². The highest BCUT2D eigenvalue weighted by molar-refractivity contribution is 5.30. The van der Waals surface area contributed by atoms with E-state index in [2.05, 4.69) is 24.8 Å². The second-order valence-corrected chi connectivity index (χ2v) is 5.75. The lowest BCUT2D eigenvalue weighted by Crippen LogP contribution is -2.42. The van der Waals surface area contributed by atoms with E-state index in [-0.39, 0.29) is 11.6 Å². The van der Waals surface area contributed by atoms with Crippen molar-refractivity contribution in [3.05, 3.63) is 29.8 Å². The van der Waals surface area contributed by atoms with Gasteiger partial charge in [0.25, 0.3) is 0 Å². The summed E-state index contributed by atoms with van der Waals surface area (Å²) >= 11 is 0. The molecule has 1 aromatic rings. The van der Waals surface area contributed by atoms with Crippen LogP contribution < -0.4 is 10.5 Å². The Bertz CT molecular complexity index is 403. The fourth-order valence-corrected chi connectivity index (χ4v) is 2.72. The summed E-state index contributed by atoms with van der Waals surface area (Å²) < 4.78 is 5.25. The van der Waals surface area contributed by atoms with Crippen molar-refractivity contribution in [2.75, 3.05) is 20.2 Å². The van der Waals surface area contributed by atoms with Crippen molar-refractivity contribution >= 4 is 0 Å². The van der Waals surface area contributed by atoms with Gasteiger partial charge in [0, 0.05) is 18.1 Å². The molecule has 0 saturated carbocycles. The predicted octanol–water partition coefficient (Wildman–Crippen LogP) is 2.57. The molecule has 0 amide bonds. The summed E-state index contributed by atoms with van der Waals surface area (Å²) in [6.07, 6.45) is 2.54. The van der Waals surface area contributed by atoms with Gasteiger partial charge in [0.05, 0.1) is 7.11 Å². The van der Waals surface area contributed by atoms with Crippen molar-refractivity contribution in [2.45, 2.75) is 38.3 Å². The van der Waals surface area contributed by atoms with Crippen LogP contribution in [-0.2, 0) is 0 Å². The van der Waals surface area contributed by atoms with Gasteiger partial charge in [-0.15, -0.1) is 0 Å². The molecule has 3 nitrogen and oxygen atoms in total. The van der Waals surface area contributed by atoms with E-state index in [0.29, 0.717) is 0 Å². The number of methoxy groups -OCH3 is 1. The minimum Gasteiger partial charge on any atom is -0.497 e. The number of ether oxygens (including phenoxy) is 1. The van der Waals surface area contributed by atoms with Crippen molar-refractivity contribution in [1.82, 2.24) is 4.90 Å². The highest BCUT2D eigenvalue weighted by Gasteiger charge is 2.32. The maximum absolute atomic E-state index is 6.32. The van der Waals surface area contributed by atoms with E-state index in [1.165, 1.54) is 12.8 Å². The van der Waals surface area contributed by atoms with Gasteiger partial charge in [0.15, 0.2) is 0 Å². The smallest absolute Gasteiger partial charge is 0.119 e. The molecule has 2 rings (SSSR count). The standard InChI is InChI=1S/C15H24N2O/c1-15(2)8-5-9-17(15)11-14(16)12-6-4-7-13(10-12)18-3/h4,6-7,10,14H,5,8-9,11,16H2,1-3H3. The van der Waals surface area contributed by atoms with Crippen LogP contribution in [0.1, 0.15) is 38.3 Å². The Kier molecular flexibility index (Phi) is 3.93. The molecule has 2 N–H and O–H groups in total. The van der Waals surface area contributed by atoms with Gasteiger partial charge in [0.1, 0.15) is 5.75 Å². The maximum atomic E-state index is 6.32. The molecule has 1 aromatic carbocycles. The van der Waals surface area contributed by atoms with Crippen LogP contribution in [0.3, 0.4) is 0 Å². The summed E-state index contributed by atoms with van der Waals surface area (Å²) in [5.41, 5.74) is 7.76. The second-order valence-electron chi connectivity index (χ2n) is 5.75. The summed E-state index contributed by atoms with van der Waals surface area (Å²) in [7, 11) is 1.69. The first kappa shape index (κ1) is 13.4. The van der Waals surface area contributed by atoms with Crippen LogP contribution in [-0.4, -0.2) is 30.6 Å². The van der Waals surface area contributed by atoms with Crippen LogP contribution in [0, 0.1) is 0 Å². The summed E-state index contributed by atoms with van der Waals surface area (Å²) in [6.45, 7) is 6.68. The van der Waals surface area contributed by atoms with E-state index >= 15 is 0 Å². The van der Waals surface area contributed by atoms with E-state index < -0.39 is 0 Å². The monoisotopic (exact) mass is 248 g/mol. The molecule has 1 heterocycles. The molecule has 1 aliphatic rings. The average molecular weight is 248 g/mol. The van der Waals surface area contributed by atoms with Crippen LogP contribution in [0.15, 0.2) is 24.3 Å². The van der Waals surface area contributed by atoms with Crippen LogP contribution in [0.25, 0.3) is 0 Å². The van der Waals surface area contributed by atoms with Crippen LogP contribution in [0.2, 0.25) is 0 Å². The summed E-state index contributed by atoms with van der Waals surface area (Å²) in [4.78, 5) is 2.50. The Balaban J connectivity index is 2.05. The molecular formula is C15H24N2O. The zero-order chi connectivity index (χ0) is 13.2. The molecule has 1 fully saturated rings. The quantitative estimate of drug-likeness (QED) is 0.890. The van der Waals surface area contributed by atoms with Crippen molar-refractivity contribution in [2.24, 2.45) is 5.73 Å². The fraction of sp³-hybridized carbons (Fsp3) is 0.600. The van der Waals surface area contributed by atoms with Crippen LogP contribution >= 0.6 is 0 Å². The first-order chi connectivity index (χ1) is 8.53. The Labute approximate surface area is 110 Å². The maximum Gasteiger partial charge on any atom is 0.119 e. The highest BCUT2D eigenvalue weighted by Crippen LogP contribution is 2.30. The molecular weight excluding hydrogens is 224 g/mol. The zero-order valence-corrected chi connectivity index (χ0v) is 11.6. The SMILES string of the molecule is COc1cccc(C(N)CN2CCCC2(C)C)c1. The lowest BCUT2D eigenvalue weighted by molar-refractivity contribution is 0.165. The van der Waals surface area contributed by atoms with Gasteiger partial charge in [-0.1, -0.05) is 12.1 Å². The number of hydrogen-bond acceptors (Lipinski definition) is 3. The molecule has 0 spiro atoms. The first-order valence-electron chi connectivity index (χ1n) is 6.67. The molecule has 1 aliphatic heterocycles. The largest absolute Gasteiger partial charge is 0.497 e. The minimum absolute atomic E-state index is 0.0532. The van der Waals surface area contributed by atoms with Crippen molar-refractivity contribution in [3.63, 3.8) is 0 Å². The molecule has 1 saturated heterocycles. The summed E-state index contributed by atoms with van der Waals surface area (Å²) in [6, 6.07) is 8.13. The Morgan fingerprint density at radius 2 is 2.22 bits per heavy atom. The second kappa shape index (κ2) is 5.29. The molecule has 18 heavy (non-hydrogen) atoms. The molecule has 0 aliphatic carbocycles. The van der Waals surface area contributed by atoms with Gasteiger partial charge in [-0.25, -0.2) is 0 Å². The Hall–Kier alpha value is -1.06. The Morgan fingerprint density at radius 1 is 1.44 bits per heavy atom. The third-order valence-electron chi connectivity index (χ3n) is 4.01. The number of benzene rings is 1. The Morgan fingerprint density at radius 3 is 2.83 bits per heavy atom. The average Bonchev–Trinajstić information content (AvgIpc) is 2.69. The molecule has 100 valence electrons. The number of nitrogens with two attached hydrogens (primary N) is 1. The van der Waals surface area contributed by atoms with Crippen molar-refractivity contribution in [3.8, 4) is 5.75 Å². The summed E-state index contributed by atoms with van der Waals surface area (Å²) in [5.74, 6) is 0.878. The van der Waals surface area contributed by atoms with E-state index in [1.54, 1.807) is 7.11 Å². The van der Waals surface area contributed by atoms with Gasteiger partial charge < -0.3 is 10.5 Å². The van der Waals surface area contributed by atoms with Crippen molar-refractivity contribution in [1.29, 1.82) is 0 Å². The van der Waals surface area contributed by atoms with E-state index in [0.717, 1.165) is 24.4 Å². The number of likely N-dealkylation sites (tertiary alicyclic amines) is 1. The zero-order valence-electron chi connectivity index (χ0n) is 11.6. The summed E-state index contributed by atoms with van der Waals surface area (Å²) in [5, 5.41) is 0. The number of rotatable bonds is 4. The third kappa shape index (κ3) is 2.85. The van der Waals surface area contributed by atoms with Gasteiger partial charge in [-0.3, -0.25) is 4.90 Å². The van der Waals surface area contributed by atoms with E-state index in [9.17, 15) is 0 Å². The van der Waals surface area contributed by atoms with Gasteiger partial charge in [-0.05, 0) is 50.9 Å². The van der Waals surface area contributed by atoms with Crippen LogP contribution in [0.5, 0.6) is 5.75 Å². The van der Waals surface area contributed by atoms with Gasteiger partial charge in [-0.2, -0.15) is 0 Å².